The van der Waals surface area contributed by atoms with Crippen molar-refractivity contribution in [2.24, 2.45) is 21.8 Å². The highest BCUT2D eigenvalue weighted by atomic mass is 19.4. The van der Waals surface area contributed by atoms with Crippen molar-refractivity contribution in [3.63, 3.8) is 0 Å². The molecule has 1 aliphatic carbocycles. The number of carbonyl (C=O) groups is 1. The van der Waals surface area contributed by atoms with Crippen LogP contribution in [0, 0.1) is 11.8 Å². The van der Waals surface area contributed by atoms with Gasteiger partial charge in [-0.1, -0.05) is 12.1 Å². The van der Waals surface area contributed by atoms with E-state index in [2.05, 4.69) is 10.3 Å². The fourth-order valence-corrected chi connectivity index (χ4v) is 4.23. The van der Waals surface area contributed by atoms with Crippen LogP contribution in [0.3, 0.4) is 0 Å². The Labute approximate surface area is 179 Å². The molecule has 31 heavy (non-hydrogen) atoms. The lowest BCUT2D eigenvalue weighted by atomic mass is 9.82. The molecule has 1 saturated heterocycles. The predicted octanol–water partition coefficient (Wildman–Crippen LogP) is 3.73. The van der Waals surface area contributed by atoms with Crippen LogP contribution in [-0.2, 0) is 10.9 Å². The maximum Gasteiger partial charge on any atom is 0.416 e. The lowest BCUT2D eigenvalue weighted by Crippen LogP contribution is -2.50. The number of aliphatic imine (C=N–C) groups is 2. The maximum atomic E-state index is 13.0. The van der Waals surface area contributed by atoms with Gasteiger partial charge in [-0.05, 0) is 37.0 Å². The van der Waals surface area contributed by atoms with Crippen molar-refractivity contribution in [1.82, 2.24) is 10.2 Å². The van der Waals surface area contributed by atoms with E-state index in [1.54, 1.807) is 12.0 Å². The van der Waals surface area contributed by atoms with E-state index >= 15 is 0 Å². The van der Waals surface area contributed by atoms with Gasteiger partial charge in [-0.15, -0.1) is 0 Å². The van der Waals surface area contributed by atoms with Gasteiger partial charge in [0.15, 0.2) is 0 Å². The molecule has 2 heterocycles. The maximum absolute atomic E-state index is 13.0. The summed E-state index contributed by atoms with van der Waals surface area (Å²) < 4.78 is 43.8. The van der Waals surface area contributed by atoms with E-state index in [9.17, 15) is 18.0 Å². The number of alkyl halides is 3. The number of halogens is 3. The lowest BCUT2D eigenvalue weighted by Gasteiger charge is -2.38. The minimum Gasteiger partial charge on any atom is -0.383 e. The zero-order chi connectivity index (χ0) is 22.0. The summed E-state index contributed by atoms with van der Waals surface area (Å²) in [5, 5.41) is 2.85. The molecule has 4 rings (SSSR count). The van der Waals surface area contributed by atoms with Crippen LogP contribution in [0.4, 0.5) is 18.0 Å². The number of hydrogen-bond donors (Lipinski definition) is 1. The molecule has 3 aliphatic rings. The Hall–Kier alpha value is -2.42. The molecule has 1 N–H and O–H groups in total. The number of amides is 2. The third kappa shape index (κ3) is 5.26. The van der Waals surface area contributed by atoms with Crippen LogP contribution < -0.4 is 5.32 Å². The largest absolute Gasteiger partial charge is 0.416 e. The van der Waals surface area contributed by atoms with Crippen molar-refractivity contribution in [3.8, 4) is 0 Å². The number of urea groups is 1. The highest BCUT2D eigenvalue weighted by molar-refractivity contribution is 6.06. The first kappa shape index (κ1) is 21.8. The number of hydrogen-bond acceptors (Lipinski definition) is 4. The first-order chi connectivity index (χ1) is 14.8. The summed E-state index contributed by atoms with van der Waals surface area (Å²) in [4.78, 5) is 23.8. The van der Waals surface area contributed by atoms with Gasteiger partial charge in [0.05, 0.1) is 18.7 Å². The average Bonchev–Trinajstić information content (AvgIpc) is 3.49. The Balaban J connectivity index is 1.51. The Kier molecular flexibility index (Phi) is 6.31. The number of piperidine rings is 1. The van der Waals surface area contributed by atoms with Crippen LogP contribution >= 0.6 is 0 Å². The molecular weight excluding hydrogens is 409 g/mol. The van der Waals surface area contributed by atoms with Gasteiger partial charge >= 0.3 is 12.2 Å². The first-order valence-electron chi connectivity index (χ1n) is 10.7. The van der Waals surface area contributed by atoms with Crippen molar-refractivity contribution < 1.29 is 22.7 Å². The smallest absolute Gasteiger partial charge is 0.383 e. The summed E-state index contributed by atoms with van der Waals surface area (Å²) in [6, 6.07) is 5.09. The summed E-state index contributed by atoms with van der Waals surface area (Å²) in [5.74, 6) is 1.36. The van der Waals surface area contributed by atoms with Crippen LogP contribution in [-0.4, -0.2) is 62.4 Å². The van der Waals surface area contributed by atoms with E-state index in [0.29, 0.717) is 38.7 Å². The number of nitrogens with one attached hydrogen (secondary N) is 1. The van der Waals surface area contributed by atoms with Crippen molar-refractivity contribution in [3.05, 3.63) is 35.4 Å². The standard InChI is InChI=1S/C22H27F3N4O2/c1-31-9-8-26-21(30)29-12-16(14-4-6-18(7-5-14)22(23,24)25)10-17(13-29)19-11-27-20(28-19)15-2-3-15/h4-7,15-17H,2-3,8-13H2,1H3,(H,26,30). The number of benzene rings is 1. The van der Waals surface area contributed by atoms with Crippen LogP contribution in [0.2, 0.25) is 0 Å². The molecule has 2 unspecified atom stereocenters. The fourth-order valence-electron chi connectivity index (χ4n) is 4.23. The zero-order valence-electron chi connectivity index (χ0n) is 17.5. The molecule has 2 aliphatic heterocycles. The summed E-state index contributed by atoms with van der Waals surface area (Å²) >= 11 is 0. The highest BCUT2D eigenvalue weighted by Gasteiger charge is 2.37. The van der Waals surface area contributed by atoms with Crippen molar-refractivity contribution in [2.45, 2.75) is 31.4 Å². The predicted molar refractivity (Wildman–Crippen MR) is 112 cm³/mol. The molecule has 2 amide bonds. The van der Waals surface area contributed by atoms with Crippen LogP contribution in [0.25, 0.3) is 0 Å². The number of methoxy groups -OCH3 is 1. The Morgan fingerprint density at radius 3 is 2.52 bits per heavy atom. The molecule has 2 fully saturated rings. The molecule has 0 radical (unpaired) electrons. The summed E-state index contributed by atoms with van der Waals surface area (Å²) in [6.45, 7) is 2.34. The molecule has 168 valence electrons. The molecule has 9 heteroatoms. The molecule has 6 nitrogen and oxygen atoms in total. The summed E-state index contributed by atoms with van der Waals surface area (Å²) in [6.07, 6.45) is -1.37. The second-order valence-corrected chi connectivity index (χ2v) is 8.43. The molecule has 1 saturated carbocycles. The molecule has 2 atom stereocenters. The van der Waals surface area contributed by atoms with Crippen molar-refractivity contribution >= 4 is 17.6 Å². The number of carbonyl (C=O) groups excluding carboxylic acids is 1. The molecular formula is C22H27F3N4O2. The SMILES string of the molecule is COCCNC(=O)N1CC(C2=NC(C3CC3)=NC2)CC(c2ccc(C(F)(F)F)cc2)C1. The number of rotatable bonds is 6. The third-order valence-corrected chi connectivity index (χ3v) is 6.10. The van der Waals surface area contributed by atoms with Gasteiger partial charge in [0.1, 0.15) is 5.84 Å². The van der Waals surface area contributed by atoms with Gasteiger partial charge < -0.3 is 15.0 Å². The number of nitrogens with zero attached hydrogens (tertiary/aromatic N) is 3. The third-order valence-electron chi connectivity index (χ3n) is 6.10. The highest BCUT2D eigenvalue weighted by Crippen LogP contribution is 2.36. The van der Waals surface area contributed by atoms with Gasteiger partial charge in [-0.2, -0.15) is 13.2 Å². The van der Waals surface area contributed by atoms with Crippen LogP contribution in [0.15, 0.2) is 34.3 Å². The zero-order valence-corrected chi connectivity index (χ0v) is 17.5. The molecule has 0 aromatic heterocycles. The minimum atomic E-state index is -4.37. The van der Waals surface area contributed by atoms with E-state index < -0.39 is 11.7 Å². The van der Waals surface area contributed by atoms with Crippen molar-refractivity contribution in [2.75, 3.05) is 39.9 Å². The molecule has 1 aromatic carbocycles. The van der Waals surface area contributed by atoms with Gasteiger partial charge in [-0.3, -0.25) is 4.99 Å². The summed E-state index contributed by atoms with van der Waals surface area (Å²) in [7, 11) is 1.57. The molecule has 0 spiro atoms. The van der Waals surface area contributed by atoms with Crippen molar-refractivity contribution in [1.29, 1.82) is 0 Å². The van der Waals surface area contributed by atoms with E-state index in [1.165, 1.54) is 12.1 Å². The molecule has 1 aromatic rings. The van der Waals surface area contributed by atoms with E-state index in [4.69, 9.17) is 9.73 Å². The van der Waals surface area contributed by atoms with Crippen LogP contribution in [0.5, 0.6) is 0 Å². The van der Waals surface area contributed by atoms with E-state index in [1.807, 2.05) is 0 Å². The van der Waals surface area contributed by atoms with Gasteiger partial charge in [-0.25, -0.2) is 9.79 Å². The van der Waals surface area contributed by atoms with E-state index in [0.717, 1.165) is 48.5 Å². The van der Waals surface area contributed by atoms with Gasteiger partial charge in [0, 0.05) is 50.2 Å². The first-order valence-corrected chi connectivity index (χ1v) is 10.7. The number of likely N-dealkylation sites (tertiary alicyclic amines) is 1. The normalized spacial score (nSPS) is 24.1. The Bertz CT molecular complexity index is 863. The number of amidine groups is 1. The topological polar surface area (TPSA) is 66.3 Å². The quantitative estimate of drug-likeness (QED) is 0.691. The average molecular weight is 436 g/mol. The monoisotopic (exact) mass is 436 g/mol. The van der Waals surface area contributed by atoms with E-state index in [-0.39, 0.29) is 17.9 Å². The lowest BCUT2D eigenvalue weighted by molar-refractivity contribution is -0.137. The Morgan fingerprint density at radius 1 is 1.16 bits per heavy atom. The van der Waals surface area contributed by atoms with Crippen LogP contribution in [0.1, 0.15) is 36.3 Å². The number of ether oxygens (including phenoxy) is 1. The minimum absolute atomic E-state index is 0.0363. The molecule has 0 bridgehead atoms. The van der Waals surface area contributed by atoms with Gasteiger partial charge in [0.25, 0.3) is 0 Å². The van der Waals surface area contributed by atoms with Gasteiger partial charge in [0.2, 0.25) is 0 Å². The summed E-state index contributed by atoms with van der Waals surface area (Å²) in [5.41, 5.74) is 1.11. The Morgan fingerprint density at radius 2 is 1.87 bits per heavy atom. The second kappa shape index (κ2) is 8.98. The fraction of sp³-hybridized carbons (Fsp3) is 0.591. The second-order valence-electron chi connectivity index (χ2n) is 8.43.